The van der Waals surface area contributed by atoms with Gasteiger partial charge in [0.15, 0.2) is 5.78 Å². The van der Waals surface area contributed by atoms with Gasteiger partial charge in [0, 0.05) is 16.5 Å². The summed E-state index contributed by atoms with van der Waals surface area (Å²) in [6.45, 7) is 7.34. The van der Waals surface area contributed by atoms with Gasteiger partial charge in [-0.1, -0.05) is 32.4 Å². The zero-order valence-corrected chi connectivity index (χ0v) is 10.1. The van der Waals surface area contributed by atoms with Crippen LogP contribution in [-0.4, -0.2) is 11.7 Å². The smallest absolute Gasteiger partial charge is 0.249 e. The predicted molar refractivity (Wildman–Crippen MR) is 63.5 cm³/mol. The summed E-state index contributed by atoms with van der Waals surface area (Å²) in [4.78, 5) is 23.4. The first-order valence-electron chi connectivity index (χ1n) is 5.18. The molecule has 0 spiro atoms. The van der Waals surface area contributed by atoms with Crippen molar-refractivity contribution in [2.24, 2.45) is 11.1 Å². The minimum Gasteiger partial charge on any atom is -0.366 e. The number of amides is 1. The predicted octanol–water partition coefficient (Wildman–Crippen LogP) is 2.32. The summed E-state index contributed by atoms with van der Waals surface area (Å²) >= 11 is 0. The second-order valence-corrected chi connectivity index (χ2v) is 4.99. The third-order valence-corrected chi connectivity index (χ3v) is 2.37. The highest BCUT2D eigenvalue weighted by Crippen LogP contribution is 2.23. The molecule has 0 aliphatic rings. The molecule has 0 aliphatic carbocycles. The molecule has 0 aliphatic heterocycles. The lowest BCUT2D eigenvalue weighted by Crippen LogP contribution is -2.24. The molecule has 3 nitrogen and oxygen atoms in total. The number of Topliss-reactive ketones (excluding diaryl/α,β-unsaturated/α-hetero) is 1. The molecule has 16 heavy (non-hydrogen) atoms. The van der Waals surface area contributed by atoms with E-state index >= 15 is 0 Å². The first kappa shape index (κ1) is 12.4. The van der Waals surface area contributed by atoms with Crippen molar-refractivity contribution in [1.29, 1.82) is 0 Å². The number of benzene rings is 1. The molecule has 0 unspecified atom stereocenters. The van der Waals surface area contributed by atoms with Crippen molar-refractivity contribution in [3.05, 3.63) is 34.9 Å². The summed E-state index contributed by atoms with van der Waals surface area (Å²) < 4.78 is 0. The van der Waals surface area contributed by atoms with Crippen molar-refractivity contribution >= 4 is 11.7 Å². The fraction of sp³-hybridized carbons (Fsp3) is 0.385. The van der Waals surface area contributed by atoms with E-state index in [1.54, 1.807) is 18.2 Å². The number of carbonyl (C=O) groups is 2. The average Bonchev–Trinajstić information content (AvgIpc) is 2.14. The second kappa shape index (κ2) is 4.08. The van der Waals surface area contributed by atoms with Crippen LogP contribution in [0.4, 0.5) is 0 Å². The fourth-order valence-electron chi connectivity index (χ4n) is 1.46. The maximum Gasteiger partial charge on any atom is 0.249 e. The van der Waals surface area contributed by atoms with E-state index in [2.05, 4.69) is 0 Å². The van der Waals surface area contributed by atoms with Crippen LogP contribution >= 0.6 is 0 Å². The highest BCUT2D eigenvalue weighted by atomic mass is 16.1. The molecule has 0 fully saturated rings. The van der Waals surface area contributed by atoms with E-state index in [-0.39, 0.29) is 5.78 Å². The number of aryl methyl sites for hydroxylation is 1. The molecular formula is C13H17NO2. The lowest BCUT2D eigenvalue weighted by Gasteiger charge is -2.18. The second-order valence-electron chi connectivity index (χ2n) is 4.99. The van der Waals surface area contributed by atoms with Crippen LogP contribution in [0.25, 0.3) is 0 Å². The average molecular weight is 219 g/mol. The minimum absolute atomic E-state index is 0.0648. The van der Waals surface area contributed by atoms with Crippen LogP contribution in [0.5, 0.6) is 0 Å². The van der Waals surface area contributed by atoms with E-state index in [1.807, 2.05) is 27.7 Å². The van der Waals surface area contributed by atoms with Crippen LogP contribution in [0, 0.1) is 12.3 Å². The van der Waals surface area contributed by atoms with Gasteiger partial charge in [-0.15, -0.1) is 0 Å². The first-order valence-corrected chi connectivity index (χ1v) is 5.18. The standard InChI is InChI=1S/C13H17NO2/c1-8-5-6-9(12(14)16)10(7-8)11(15)13(2,3)4/h5-7H,1-4H3,(H2,14,16). The van der Waals surface area contributed by atoms with Crippen LogP contribution in [0.3, 0.4) is 0 Å². The molecule has 0 saturated heterocycles. The van der Waals surface area contributed by atoms with E-state index in [9.17, 15) is 9.59 Å². The van der Waals surface area contributed by atoms with Gasteiger partial charge in [0.2, 0.25) is 5.91 Å². The molecule has 0 atom stereocenters. The summed E-state index contributed by atoms with van der Waals surface area (Å²) in [5, 5.41) is 0. The monoisotopic (exact) mass is 219 g/mol. The lowest BCUT2D eigenvalue weighted by atomic mass is 9.84. The number of carbonyl (C=O) groups excluding carboxylic acids is 2. The lowest BCUT2D eigenvalue weighted by molar-refractivity contribution is 0.0850. The third kappa shape index (κ3) is 2.48. The van der Waals surface area contributed by atoms with E-state index in [0.717, 1.165) is 5.56 Å². The van der Waals surface area contributed by atoms with E-state index < -0.39 is 11.3 Å². The molecule has 1 aromatic rings. The van der Waals surface area contributed by atoms with Crippen molar-refractivity contribution in [1.82, 2.24) is 0 Å². The van der Waals surface area contributed by atoms with Crippen LogP contribution in [-0.2, 0) is 0 Å². The molecule has 1 rings (SSSR count). The highest BCUT2D eigenvalue weighted by Gasteiger charge is 2.26. The Hall–Kier alpha value is -1.64. The van der Waals surface area contributed by atoms with Crippen molar-refractivity contribution in [3.63, 3.8) is 0 Å². The van der Waals surface area contributed by atoms with Gasteiger partial charge in [0.05, 0.1) is 0 Å². The molecule has 86 valence electrons. The summed E-state index contributed by atoms with van der Waals surface area (Å²) in [6.07, 6.45) is 0. The molecule has 2 N–H and O–H groups in total. The van der Waals surface area contributed by atoms with Crippen molar-refractivity contribution < 1.29 is 9.59 Å². The summed E-state index contributed by atoms with van der Waals surface area (Å²) in [5.41, 5.74) is 6.39. The summed E-state index contributed by atoms with van der Waals surface area (Å²) in [7, 11) is 0. The summed E-state index contributed by atoms with van der Waals surface area (Å²) in [6, 6.07) is 5.10. The number of hydrogen-bond acceptors (Lipinski definition) is 2. The minimum atomic E-state index is -0.562. The highest BCUT2D eigenvalue weighted by molar-refractivity contribution is 6.09. The Morgan fingerprint density at radius 1 is 1.12 bits per heavy atom. The van der Waals surface area contributed by atoms with E-state index in [1.165, 1.54) is 0 Å². The van der Waals surface area contributed by atoms with Gasteiger partial charge in [-0.05, 0) is 19.1 Å². The quantitative estimate of drug-likeness (QED) is 0.776. The fourth-order valence-corrected chi connectivity index (χ4v) is 1.46. The SMILES string of the molecule is Cc1ccc(C(N)=O)c(C(=O)C(C)(C)C)c1. The van der Waals surface area contributed by atoms with Crippen LogP contribution in [0.2, 0.25) is 0 Å². The number of hydrogen-bond donors (Lipinski definition) is 1. The first-order chi connectivity index (χ1) is 7.23. The Bertz CT molecular complexity index is 442. The van der Waals surface area contributed by atoms with Crippen LogP contribution in [0.1, 0.15) is 47.1 Å². The zero-order chi connectivity index (χ0) is 12.5. The van der Waals surface area contributed by atoms with Gasteiger partial charge < -0.3 is 5.73 Å². The van der Waals surface area contributed by atoms with Gasteiger partial charge >= 0.3 is 0 Å². The van der Waals surface area contributed by atoms with Gasteiger partial charge in [-0.25, -0.2) is 0 Å². The largest absolute Gasteiger partial charge is 0.366 e. The Kier molecular flexibility index (Phi) is 3.17. The van der Waals surface area contributed by atoms with Crippen molar-refractivity contribution in [2.45, 2.75) is 27.7 Å². The molecule has 0 aromatic heterocycles. The number of nitrogens with two attached hydrogens (primary N) is 1. The van der Waals surface area contributed by atoms with Gasteiger partial charge in [0.1, 0.15) is 0 Å². The Morgan fingerprint density at radius 3 is 2.12 bits per heavy atom. The molecule has 1 aromatic carbocycles. The molecule has 1 amide bonds. The summed E-state index contributed by atoms with van der Waals surface area (Å²) in [5.74, 6) is -0.627. The molecule has 3 heteroatoms. The number of ketones is 1. The molecular weight excluding hydrogens is 202 g/mol. The number of primary amides is 1. The Morgan fingerprint density at radius 2 is 1.69 bits per heavy atom. The van der Waals surface area contributed by atoms with Gasteiger partial charge in [0.25, 0.3) is 0 Å². The van der Waals surface area contributed by atoms with E-state index in [0.29, 0.717) is 11.1 Å². The molecule has 0 heterocycles. The molecule has 0 saturated carbocycles. The molecule has 0 bridgehead atoms. The third-order valence-electron chi connectivity index (χ3n) is 2.37. The van der Waals surface area contributed by atoms with Crippen molar-refractivity contribution in [3.8, 4) is 0 Å². The maximum absolute atomic E-state index is 12.1. The van der Waals surface area contributed by atoms with E-state index in [4.69, 9.17) is 5.73 Å². The topological polar surface area (TPSA) is 60.2 Å². The Balaban J connectivity index is 3.36. The molecule has 0 radical (unpaired) electrons. The zero-order valence-electron chi connectivity index (χ0n) is 10.1. The van der Waals surface area contributed by atoms with Crippen LogP contribution in [0.15, 0.2) is 18.2 Å². The maximum atomic E-state index is 12.1. The van der Waals surface area contributed by atoms with Gasteiger partial charge in [-0.3, -0.25) is 9.59 Å². The number of rotatable bonds is 2. The Labute approximate surface area is 95.6 Å². The normalized spacial score (nSPS) is 11.2. The van der Waals surface area contributed by atoms with Gasteiger partial charge in [-0.2, -0.15) is 0 Å². The van der Waals surface area contributed by atoms with Crippen molar-refractivity contribution in [2.75, 3.05) is 0 Å². The van der Waals surface area contributed by atoms with Crippen LogP contribution < -0.4 is 5.73 Å².